The Morgan fingerprint density at radius 2 is 1.90 bits per heavy atom. The Bertz CT molecular complexity index is 411. The van der Waals surface area contributed by atoms with Gasteiger partial charge in [-0.25, -0.2) is 0 Å². The minimum atomic E-state index is 0.604. The molecule has 1 N–H and O–H groups in total. The molecule has 0 radical (unpaired) electrons. The van der Waals surface area contributed by atoms with Crippen LogP contribution in [0.5, 0.6) is 0 Å². The molecule has 0 aliphatic carbocycles. The zero-order valence-corrected chi connectivity index (χ0v) is 13.6. The molecule has 1 aromatic rings. The average molecular weight is 278 g/mol. The van der Waals surface area contributed by atoms with E-state index in [1.54, 1.807) is 0 Å². The fraction of sp³-hybridized carbons (Fsp3) is 0.765. The van der Waals surface area contributed by atoms with E-state index in [1.807, 2.05) is 7.05 Å². The second-order valence-electron chi connectivity index (χ2n) is 6.31. The normalized spacial score (nSPS) is 19.4. The molecule has 1 aliphatic heterocycles. The van der Waals surface area contributed by atoms with Crippen molar-refractivity contribution >= 4 is 0 Å². The van der Waals surface area contributed by atoms with Crippen molar-refractivity contribution in [3.8, 4) is 0 Å². The SMILES string of the molecule is CCC1(CC)CCN(Cc2cc(CNC)c(C)o2)CC1. The third kappa shape index (κ3) is 3.44. The smallest absolute Gasteiger partial charge is 0.118 e. The van der Waals surface area contributed by atoms with E-state index >= 15 is 0 Å². The first-order valence-electron chi connectivity index (χ1n) is 8.07. The highest BCUT2D eigenvalue weighted by Gasteiger charge is 2.31. The number of piperidine rings is 1. The van der Waals surface area contributed by atoms with E-state index in [2.05, 4.69) is 37.1 Å². The summed E-state index contributed by atoms with van der Waals surface area (Å²) in [5, 5.41) is 3.19. The molecule has 0 bridgehead atoms. The van der Waals surface area contributed by atoms with E-state index < -0.39 is 0 Å². The highest BCUT2D eigenvalue weighted by molar-refractivity contribution is 5.20. The Kier molecular flexibility index (Phi) is 5.28. The Hall–Kier alpha value is -0.800. The molecule has 20 heavy (non-hydrogen) atoms. The van der Waals surface area contributed by atoms with Crippen LogP contribution in [0, 0.1) is 12.3 Å². The van der Waals surface area contributed by atoms with Crippen molar-refractivity contribution in [2.45, 2.75) is 59.5 Å². The zero-order chi connectivity index (χ0) is 14.6. The lowest BCUT2D eigenvalue weighted by Crippen LogP contribution is -2.39. The van der Waals surface area contributed by atoms with Crippen LogP contribution in [0.3, 0.4) is 0 Å². The van der Waals surface area contributed by atoms with Gasteiger partial charge in [0.15, 0.2) is 0 Å². The summed E-state index contributed by atoms with van der Waals surface area (Å²) in [5.41, 5.74) is 1.89. The number of rotatable bonds is 6. The van der Waals surface area contributed by atoms with E-state index in [9.17, 15) is 0 Å². The standard InChI is InChI=1S/C17H30N2O/c1-5-17(6-2)7-9-19(10-8-17)13-16-11-15(12-18-4)14(3)20-16/h11,18H,5-10,12-13H2,1-4H3. The van der Waals surface area contributed by atoms with Crippen molar-refractivity contribution in [3.05, 3.63) is 23.2 Å². The van der Waals surface area contributed by atoms with Gasteiger partial charge in [-0.05, 0) is 51.4 Å². The molecule has 1 aliphatic rings. The van der Waals surface area contributed by atoms with E-state index in [-0.39, 0.29) is 0 Å². The molecule has 0 amide bonds. The number of nitrogens with one attached hydrogen (secondary N) is 1. The fourth-order valence-corrected chi connectivity index (χ4v) is 3.39. The van der Waals surface area contributed by atoms with E-state index in [1.165, 1.54) is 44.3 Å². The highest BCUT2D eigenvalue weighted by Crippen LogP contribution is 2.38. The summed E-state index contributed by atoms with van der Waals surface area (Å²) >= 11 is 0. The van der Waals surface area contributed by atoms with Gasteiger partial charge in [-0.1, -0.05) is 26.7 Å². The molecule has 0 spiro atoms. The Morgan fingerprint density at radius 3 is 2.45 bits per heavy atom. The van der Waals surface area contributed by atoms with Gasteiger partial charge >= 0.3 is 0 Å². The number of nitrogens with zero attached hydrogens (tertiary/aromatic N) is 1. The summed E-state index contributed by atoms with van der Waals surface area (Å²) in [4.78, 5) is 2.55. The van der Waals surface area contributed by atoms with E-state index in [4.69, 9.17) is 4.42 Å². The van der Waals surface area contributed by atoms with Crippen molar-refractivity contribution < 1.29 is 4.42 Å². The molecule has 0 saturated carbocycles. The number of aryl methyl sites for hydroxylation is 1. The van der Waals surface area contributed by atoms with Crippen molar-refractivity contribution in [1.29, 1.82) is 0 Å². The Morgan fingerprint density at radius 1 is 1.25 bits per heavy atom. The van der Waals surface area contributed by atoms with Crippen LogP contribution in [-0.2, 0) is 13.1 Å². The maximum absolute atomic E-state index is 5.89. The quantitative estimate of drug-likeness (QED) is 0.860. The summed E-state index contributed by atoms with van der Waals surface area (Å²) in [6.45, 7) is 11.0. The average Bonchev–Trinajstić information content (AvgIpc) is 2.81. The molecule has 2 heterocycles. The van der Waals surface area contributed by atoms with E-state index in [0.717, 1.165) is 24.6 Å². The second-order valence-corrected chi connectivity index (χ2v) is 6.31. The number of likely N-dealkylation sites (tertiary alicyclic amines) is 1. The topological polar surface area (TPSA) is 28.4 Å². The first-order chi connectivity index (χ1) is 9.62. The lowest BCUT2D eigenvalue weighted by atomic mass is 9.74. The molecule has 1 saturated heterocycles. The predicted molar refractivity (Wildman–Crippen MR) is 83.7 cm³/mol. The van der Waals surface area contributed by atoms with Crippen molar-refractivity contribution in [2.75, 3.05) is 20.1 Å². The largest absolute Gasteiger partial charge is 0.465 e. The van der Waals surface area contributed by atoms with Crippen LogP contribution in [0.2, 0.25) is 0 Å². The molecule has 0 unspecified atom stereocenters. The lowest BCUT2D eigenvalue weighted by Gasteiger charge is -2.40. The molecular formula is C17H30N2O. The van der Waals surface area contributed by atoms with Crippen LogP contribution < -0.4 is 5.32 Å². The summed E-state index contributed by atoms with van der Waals surface area (Å²) in [7, 11) is 1.98. The van der Waals surface area contributed by atoms with E-state index in [0.29, 0.717) is 5.41 Å². The van der Waals surface area contributed by atoms with Gasteiger partial charge in [-0.3, -0.25) is 4.90 Å². The van der Waals surface area contributed by atoms with Gasteiger partial charge in [-0.2, -0.15) is 0 Å². The number of furan rings is 1. The number of hydrogen-bond donors (Lipinski definition) is 1. The molecule has 3 heteroatoms. The highest BCUT2D eigenvalue weighted by atomic mass is 16.3. The van der Waals surface area contributed by atoms with Crippen LogP contribution in [0.15, 0.2) is 10.5 Å². The molecule has 0 atom stereocenters. The third-order valence-corrected chi connectivity index (χ3v) is 5.24. The molecular weight excluding hydrogens is 248 g/mol. The minimum absolute atomic E-state index is 0.604. The molecule has 1 fully saturated rings. The molecule has 114 valence electrons. The molecule has 3 nitrogen and oxygen atoms in total. The summed E-state index contributed by atoms with van der Waals surface area (Å²) < 4.78 is 5.89. The summed E-state index contributed by atoms with van der Waals surface area (Å²) in [6.07, 6.45) is 5.32. The van der Waals surface area contributed by atoms with Gasteiger partial charge in [0.2, 0.25) is 0 Å². The van der Waals surface area contributed by atoms with Gasteiger partial charge < -0.3 is 9.73 Å². The summed E-state index contributed by atoms with van der Waals surface area (Å²) in [5.74, 6) is 2.18. The molecule has 2 rings (SSSR count). The van der Waals surface area contributed by atoms with Crippen LogP contribution in [0.4, 0.5) is 0 Å². The van der Waals surface area contributed by atoms with Gasteiger partial charge in [0.25, 0.3) is 0 Å². The minimum Gasteiger partial charge on any atom is -0.465 e. The van der Waals surface area contributed by atoms with Crippen LogP contribution in [0.25, 0.3) is 0 Å². The van der Waals surface area contributed by atoms with Crippen LogP contribution in [-0.4, -0.2) is 25.0 Å². The van der Waals surface area contributed by atoms with Crippen molar-refractivity contribution in [2.24, 2.45) is 5.41 Å². The molecule has 0 aromatic carbocycles. The van der Waals surface area contributed by atoms with Gasteiger partial charge in [0, 0.05) is 12.1 Å². The van der Waals surface area contributed by atoms with Crippen molar-refractivity contribution in [3.63, 3.8) is 0 Å². The second kappa shape index (κ2) is 6.77. The maximum Gasteiger partial charge on any atom is 0.118 e. The fourth-order valence-electron chi connectivity index (χ4n) is 3.39. The van der Waals surface area contributed by atoms with Gasteiger partial charge in [-0.15, -0.1) is 0 Å². The Labute approximate surface area is 123 Å². The number of hydrogen-bond acceptors (Lipinski definition) is 3. The van der Waals surface area contributed by atoms with Crippen LogP contribution in [0.1, 0.15) is 56.6 Å². The molecule has 1 aromatic heterocycles. The summed E-state index contributed by atoms with van der Waals surface area (Å²) in [6, 6.07) is 2.22. The first kappa shape index (κ1) is 15.6. The van der Waals surface area contributed by atoms with Gasteiger partial charge in [0.1, 0.15) is 11.5 Å². The van der Waals surface area contributed by atoms with Crippen molar-refractivity contribution in [1.82, 2.24) is 10.2 Å². The third-order valence-electron chi connectivity index (χ3n) is 5.24. The lowest BCUT2D eigenvalue weighted by molar-refractivity contribution is 0.0861. The zero-order valence-electron chi connectivity index (χ0n) is 13.6. The van der Waals surface area contributed by atoms with Crippen LogP contribution >= 0.6 is 0 Å². The monoisotopic (exact) mass is 278 g/mol. The Balaban J connectivity index is 1.91. The van der Waals surface area contributed by atoms with Gasteiger partial charge in [0.05, 0.1) is 6.54 Å². The first-order valence-corrected chi connectivity index (χ1v) is 8.07. The maximum atomic E-state index is 5.89. The predicted octanol–water partition coefficient (Wildman–Crippen LogP) is 3.71.